The number of aliphatic hydroxyl groups excluding tert-OH is 1. The fraction of sp³-hybridized carbons (Fsp3) is 0.562. The molecule has 8 heteroatoms. The van der Waals surface area contributed by atoms with Crippen molar-refractivity contribution in [1.82, 2.24) is 0 Å². The number of aliphatic hydroxyl groups is 1. The van der Waals surface area contributed by atoms with Crippen LogP contribution in [0.25, 0.3) is 0 Å². The number of rotatable bonds is 20. The molecule has 2 N–H and O–H groups in total. The molecule has 40 heavy (non-hydrogen) atoms. The van der Waals surface area contributed by atoms with Crippen LogP contribution in [-0.4, -0.2) is 63.4 Å². The lowest BCUT2D eigenvalue weighted by atomic mass is 9.83. The number of Topliss-reactive ketones (excluding diaryl/α,β-unsaturated/α-hetero) is 1. The summed E-state index contributed by atoms with van der Waals surface area (Å²) in [6.45, 7) is 4.62. The van der Waals surface area contributed by atoms with Crippen molar-refractivity contribution in [2.24, 2.45) is 11.8 Å². The highest BCUT2D eigenvalue weighted by atomic mass is 16.5. The lowest BCUT2D eigenvalue weighted by Crippen LogP contribution is -2.30. The summed E-state index contributed by atoms with van der Waals surface area (Å²) in [5.41, 5.74) is 0.637. The van der Waals surface area contributed by atoms with Crippen LogP contribution in [0.1, 0.15) is 63.5 Å². The lowest BCUT2D eigenvalue weighted by Gasteiger charge is -2.25. The number of nitrogens with one attached hydrogen (secondary N) is 1. The van der Waals surface area contributed by atoms with Crippen LogP contribution in [-0.2, 0) is 14.3 Å². The van der Waals surface area contributed by atoms with Crippen LogP contribution in [0.3, 0.4) is 0 Å². The van der Waals surface area contributed by atoms with Gasteiger partial charge in [-0.1, -0.05) is 37.8 Å². The Labute approximate surface area is 238 Å². The second-order valence-corrected chi connectivity index (χ2v) is 10.1. The highest BCUT2D eigenvalue weighted by Gasteiger charge is 2.30. The minimum atomic E-state index is -0.948. The maximum atomic E-state index is 13.0. The van der Waals surface area contributed by atoms with Gasteiger partial charge in [-0.3, -0.25) is 4.79 Å². The van der Waals surface area contributed by atoms with Crippen LogP contribution in [0.2, 0.25) is 0 Å². The molecule has 8 nitrogen and oxygen atoms in total. The zero-order valence-electron chi connectivity index (χ0n) is 23.9. The monoisotopic (exact) mass is 555 g/mol. The Morgan fingerprint density at radius 1 is 0.875 bits per heavy atom. The molecule has 0 radical (unpaired) electrons. The molecular weight excluding hydrogens is 510 g/mol. The molecule has 0 aromatic heterocycles. The number of ketones is 1. The van der Waals surface area contributed by atoms with Crippen LogP contribution in [0.15, 0.2) is 48.5 Å². The van der Waals surface area contributed by atoms with Gasteiger partial charge in [0.05, 0.1) is 44.9 Å². The number of methoxy groups -OCH3 is 1. The maximum Gasteiger partial charge on any atom is 0.180 e. The van der Waals surface area contributed by atoms with E-state index in [-0.39, 0.29) is 24.5 Å². The van der Waals surface area contributed by atoms with Gasteiger partial charge in [0.2, 0.25) is 0 Å². The molecule has 0 spiro atoms. The summed E-state index contributed by atoms with van der Waals surface area (Å²) >= 11 is 0. The largest absolute Gasteiger partial charge is 0.494 e. The standard InChI is InChI=1S/C32H45NO7/c1-3-38-26-13-15-28(16-14-26)39-19-18-30(34)31(33)29(17-8-24-6-4-5-7-24)32(35)25-9-11-27(12-10-25)40-23-22-37-21-20-36-2/h9-16,24,29,32-33,35H,3-8,17-23H2,1-2H3/t29-,32+/m0/s1. The van der Waals surface area contributed by atoms with E-state index in [9.17, 15) is 9.90 Å². The fourth-order valence-corrected chi connectivity index (χ4v) is 5.03. The zero-order chi connectivity index (χ0) is 28.6. The van der Waals surface area contributed by atoms with Gasteiger partial charge in [-0.2, -0.15) is 0 Å². The molecule has 1 fully saturated rings. The minimum Gasteiger partial charge on any atom is -0.494 e. The van der Waals surface area contributed by atoms with Crippen LogP contribution < -0.4 is 14.2 Å². The zero-order valence-corrected chi connectivity index (χ0v) is 23.9. The van der Waals surface area contributed by atoms with Crippen molar-refractivity contribution >= 4 is 11.5 Å². The number of carbonyl (C=O) groups is 1. The predicted octanol–water partition coefficient (Wildman–Crippen LogP) is 5.81. The molecule has 220 valence electrons. The van der Waals surface area contributed by atoms with Crippen molar-refractivity contribution in [3.63, 3.8) is 0 Å². The minimum absolute atomic E-state index is 0.0330. The first-order valence-electron chi connectivity index (χ1n) is 14.5. The van der Waals surface area contributed by atoms with Crippen molar-refractivity contribution in [3.8, 4) is 17.2 Å². The molecule has 0 saturated heterocycles. The van der Waals surface area contributed by atoms with E-state index in [1.807, 2.05) is 19.1 Å². The molecule has 0 unspecified atom stereocenters. The summed E-state index contributed by atoms with van der Waals surface area (Å²) < 4.78 is 27.3. The number of hydrogen-bond donors (Lipinski definition) is 2. The first-order valence-corrected chi connectivity index (χ1v) is 14.5. The Morgan fingerprint density at radius 2 is 1.45 bits per heavy atom. The van der Waals surface area contributed by atoms with Gasteiger partial charge in [0.15, 0.2) is 5.78 Å². The normalized spacial score (nSPS) is 15.0. The smallest absolute Gasteiger partial charge is 0.180 e. The topological polar surface area (TPSA) is 107 Å². The van der Waals surface area contributed by atoms with Crippen LogP contribution in [0, 0.1) is 17.2 Å². The predicted molar refractivity (Wildman–Crippen MR) is 155 cm³/mol. The van der Waals surface area contributed by atoms with E-state index >= 15 is 0 Å². The average Bonchev–Trinajstić information content (AvgIpc) is 3.50. The van der Waals surface area contributed by atoms with Crippen molar-refractivity contribution in [2.75, 3.05) is 46.8 Å². The molecular formula is C32H45NO7. The Morgan fingerprint density at radius 3 is 2.08 bits per heavy atom. The number of hydrogen-bond acceptors (Lipinski definition) is 8. The molecule has 0 aliphatic heterocycles. The molecule has 1 aliphatic carbocycles. The second-order valence-electron chi connectivity index (χ2n) is 10.1. The van der Waals surface area contributed by atoms with Gasteiger partial charge in [0.1, 0.15) is 23.9 Å². The van der Waals surface area contributed by atoms with Crippen LogP contribution >= 0.6 is 0 Å². The number of ether oxygens (including phenoxy) is 5. The summed E-state index contributed by atoms with van der Waals surface area (Å²) in [7, 11) is 1.63. The molecule has 1 saturated carbocycles. The average molecular weight is 556 g/mol. The van der Waals surface area contributed by atoms with Crippen molar-refractivity contribution < 1.29 is 33.6 Å². The lowest BCUT2D eigenvalue weighted by molar-refractivity contribution is -0.114. The van der Waals surface area contributed by atoms with Gasteiger partial charge >= 0.3 is 0 Å². The molecule has 2 aromatic carbocycles. The summed E-state index contributed by atoms with van der Waals surface area (Å²) in [6, 6.07) is 14.5. The van der Waals surface area contributed by atoms with Gasteiger partial charge in [0.25, 0.3) is 0 Å². The summed E-state index contributed by atoms with van der Waals surface area (Å²) in [5.74, 6) is 1.81. The van der Waals surface area contributed by atoms with Crippen molar-refractivity contribution in [2.45, 2.75) is 58.0 Å². The first-order chi connectivity index (χ1) is 19.5. The van der Waals surface area contributed by atoms with E-state index in [2.05, 4.69) is 0 Å². The third-order valence-corrected chi connectivity index (χ3v) is 7.30. The van der Waals surface area contributed by atoms with E-state index in [1.54, 1.807) is 43.5 Å². The Hall–Kier alpha value is -2.94. The highest BCUT2D eigenvalue weighted by molar-refractivity contribution is 6.39. The second kappa shape index (κ2) is 17.7. The number of benzene rings is 2. The van der Waals surface area contributed by atoms with E-state index < -0.39 is 12.0 Å². The maximum absolute atomic E-state index is 13.0. The van der Waals surface area contributed by atoms with Crippen molar-refractivity contribution in [3.05, 3.63) is 54.1 Å². The summed E-state index contributed by atoms with van der Waals surface area (Å²) in [6.07, 6.45) is 5.47. The Kier molecular flexibility index (Phi) is 14.0. The molecule has 1 aliphatic rings. The van der Waals surface area contributed by atoms with Gasteiger partial charge in [-0.15, -0.1) is 0 Å². The van der Waals surface area contributed by atoms with Crippen molar-refractivity contribution in [1.29, 1.82) is 5.41 Å². The SMILES string of the molecule is CCOc1ccc(OCCC(=O)C(=N)[C@H](CCC2CCCC2)[C@H](O)c2ccc(OCCOCCOC)cc2)cc1. The molecule has 3 rings (SSSR count). The molecule has 2 aromatic rings. The third kappa shape index (κ3) is 10.6. The third-order valence-electron chi connectivity index (χ3n) is 7.30. The van der Waals surface area contributed by atoms with Crippen LogP contribution in [0.4, 0.5) is 0 Å². The van der Waals surface area contributed by atoms with Gasteiger partial charge in [-0.05, 0) is 67.6 Å². The first kappa shape index (κ1) is 31.6. The summed E-state index contributed by atoms with van der Waals surface area (Å²) in [4.78, 5) is 13.0. The van der Waals surface area contributed by atoms with E-state index in [0.29, 0.717) is 62.4 Å². The van der Waals surface area contributed by atoms with E-state index in [1.165, 1.54) is 25.7 Å². The molecule has 2 atom stereocenters. The van der Waals surface area contributed by atoms with Crippen LogP contribution in [0.5, 0.6) is 17.2 Å². The number of carbonyl (C=O) groups excluding carboxylic acids is 1. The molecule has 0 bridgehead atoms. The fourth-order valence-electron chi connectivity index (χ4n) is 5.03. The Bertz CT molecular complexity index is 1000. The quantitative estimate of drug-likeness (QED) is 0.157. The van der Waals surface area contributed by atoms with Gasteiger partial charge in [0, 0.05) is 19.4 Å². The summed E-state index contributed by atoms with van der Waals surface area (Å²) in [5, 5.41) is 20.1. The highest BCUT2D eigenvalue weighted by Crippen LogP contribution is 2.34. The van der Waals surface area contributed by atoms with E-state index in [0.717, 1.165) is 12.2 Å². The van der Waals surface area contributed by atoms with E-state index in [4.69, 9.17) is 29.1 Å². The molecule has 0 amide bonds. The van der Waals surface area contributed by atoms with Gasteiger partial charge < -0.3 is 34.2 Å². The van der Waals surface area contributed by atoms with Gasteiger partial charge in [-0.25, -0.2) is 0 Å². The molecule has 0 heterocycles. The Balaban J connectivity index is 1.55.